The summed E-state index contributed by atoms with van der Waals surface area (Å²) in [4.78, 5) is 10.8. The quantitative estimate of drug-likeness (QED) is 0.739. The fourth-order valence-corrected chi connectivity index (χ4v) is 1.46. The lowest BCUT2D eigenvalue weighted by atomic mass is 9.86. The van der Waals surface area contributed by atoms with Crippen molar-refractivity contribution in [3.05, 3.63) is 35.4 Å². The lowest BCUT2D eigenvalue weighted by molar-refractivity contribution is -0.114. The van der Waals surface area contributed by atoms with Crippen LogP contribution in [0.1, 0.15) is 25.0 Å². The average molecular weight is 191 g/mol. The minimum Gasteiger partial charge on any atom is -0.326 e. The normalized spacial score (nSPS) is 11.4. The van der Waals surface area contributed by atoms with Gasteiger partial charge < -0.3 is 10.5 Å². The van der Waals surface area contributed by atoms with Crippen molar-refractivity contribution in [1.82, 2.24) is 0 Å². The molecule has 0 unspecified atom stereocenters. The van der Waals surface area contributed by atoms with Gasteiger partial charge in [0.05, 0.1) is 0 Å². The molecule has 1 aromatic carbocycles. The third kappa shape index (κ3) is 2.67. The van der Waals surface area contributed by atoms with Crippen molar-refractivity contribution in [2.45, 2.75) is 26.8 Å². The first kappa shape index (κ1) is 10.9. The van der Waals surface area contributed by atoms with Crippen LogP contribution in [0.15, 0.2) is 24.3 Å². The second-order valence-electron chi connectivity index (χ2n) is 4.26. The summed E-state index contributed by atoms with van der Waals surface area (Å²) in [6.07, 6.45) is 1.75. The molecular weight excluding hydrogens is 174 g/mol. The first-order valence-corrected chi connectivity index (χ1v) is 4.82. The molecule has 76 valence electrons. The summed E-state index contributed by atoms with van der Waals surface area (Å²) in [5.74, 6) is 0. The van der Waals surface area contributed by atoms with Crippen LogP contribution >= 0.6 is 0 Å². The lowest BCUT2D eigenvalue weighted by Crippen LogP contribution is -2.18. The van der Waals surface area contributed by atoms with Gasteiger partial charge in [-0.05, 0) is 17.5 Å². The van der Waals surface area contributed by atoms with Gasteiger partial charge in [0.15, 0.2) is 0 Å². The Hall–Kier alpha value is -1.15. The first-order chi connectivity index (χ1) is 6.59. The smallest absolute Gasteiger partial charge is 0.125 e. The number of carbonyl (C=O) groups is 1. The lowest BCUT2D eigenvalue weighted by Gasteiger charge is -2.18. The van der Waals surface area contributed by atoms with E-state index in [1.165, 1.54) is 5.56 Å². The zero-order valence-corrected chi connectivity index (χ0v) is 8.79. The molecule has 2 N–H and O–H groups in total. The van der Waals surface area contributed by atoms with Gasteiger partial charge in [-0.1, -0.05) is 38.1 Å². The van der Waals surface area contributed by atoms with E-state index in [1.807, 2.05) is 38.1 Å². The van der Waals surface area contributed by atoms with Crippen molar-refractivity contribution >= 4 is 6.29 Å². The molecule has 2 nitrogen and oxygen atoms in total. The van der Waals surface area contributed by atoms with E-state index in [1.54, 1.807) is 0 Å². The highest BCUT2D eigenvalue weighted by Gasteiger charge is 2.18. The molecule has 0 bridgehead atoms. The number of hydrogen-bond donors (Lipinski definition) is 1. The van der Waals surface area contributed by atoms with Gasteiger partial charge in [-0.3, -0.25) is 0 Å². The molecule has 1 aromatic rings. The van der Waals surface area contributed by atoms with Crippen LogP contribution in [0.2, 0.25) is 0 Å². The van der Waals surface area contributed by atoms with Crippen LogP contribution in [0, 0.1) is 5.41 Å². The van der Waals surface area contributed by atoms with Crippen LogP contribution < -0.4 is 5.73 Å². The SMILES string of the molecule is CC(C)(C=O)Cc1ccccc1CN. The monoisotopic (exact) mass is 191 g/mol. The zero-order valence-electron chi connectivity index (χ0n) is 8.79. The van der Waals surface area contributed by atoms with Crippen LogP contribution in [0.25, 0.3) is 0 Å². The van der Waals surface area contributed by atoms with Gasteiger partial charge in [0.25, 0.3) is 0 Å². The Labute approximate surface area is 85.1 Å². The Bertz CT molecular complexity index is 318. The van der Waals surface area contributed by atoms with Crippen LogP contribution in [-0.2, 0) is 17.8 Å². The number of benzene rings is 1. The summed E-state index contributed by atoms with van der Waals surface area (Å²) >= 11 is 0. The number of carbonyl (C=O) groups excluding carboxylic acids is 1. The zero-order chi connectivity index (χ0) is 10.6. The van der Waals surface area contributed by atoms with E-state index < -0.39 is 0 Å². The second-order valence-corrected chi connectivity index (χ2v) is 4.26. The largest absolute Gasteiger partial charge is 0.326 e. The molecule has 1 rings (SSSR count). The molecule has 0 spiro atoms. The molecular formula is C12H17NO. The summed E-state index contributed by atoms with van der Waals surface area (Å²) in [6.45, 7) is 4.41. The predicted molar refractivity (Wildman–Crippen MR) is 57.9 cm³/mol. The molecule has 14 heavy (non-hydrogen) atoms. The van der Waals surface area contributed by atoms with E-state index in [4.69, 9.17) is 5.73 Å². The van der Waals surface area contributed by atoms with Crippen molar-refractivity contribution in [2.24, 2.45) is 11.1 Å². The highest BCUT2D eigenvalue weighted by atomic mass is 16.1. The molecule has 0 saturated heterocycles. The fourth-order valence-electron chi connectivity index (χ4n) is 1.46. The Morgan fingerprint density at radius 2 is 1.86 bits per heavy atom. The highest BCUT2D eigenvalue weighted by molar-refractivity contribution is 5.59. The molecule has 0 aliphatic carbocycles. The summed E-state index contributed by atoms with van der Waals surface area (Å²) in [5.41, 5.74) is 7.62. The molecule has 0 radical (unpaired) electrons. The van der Waals surface area contributed by atoms with E-state index in [9.17, 15) is 4.79 Å². The van der Waals surface area contributed by atoms with Crippen LogP contribution in [0.5, 0.6) is 0 Å². The maximum absolute atomic E-state index is 10.8. The first-order valence-electron chi connectivity index (χ1n) is 4.82. The van der Waals surface area contributed by atoms with Gasteiger partial charge in [0, 0.05) is 12.0 Å². The maximum atomic E-state index is 10.8. The van der Waals surface area contributed by atoms with Gasteiger partial charge >= 0.3 is 0 Å². The van der Waals surface area contributed by atoms with Gasteiger partial charge in [-0.15, -0.1) is 0 Å². The molecule has 0 fully saturated rings. The average Bonchev–Trinajstić information content (AvgIpc) is 2.18. The summed E-state index contributed by atoms with van der Waals surface area (Å²) < 4.78 is 0. The second kappa shape index (κ2) is 4.38. The standard InChI is InChI=1S/C12H17NO/c1-12(2,9-14)7-10-5-3-4-6-11(10)8-13/h3-6,9H,7-8,13H2,1-2H3. The van der Waals surface area contributed by atoms with Gasteiger partial charge in [0.2, 0.25) is 0 Å². The molecule has 0 amide bonds. The van der Waals surface area contributed by atoms with Crippen molar-refractivity contribution < 1.29 is 4.79 Å². The molecule has 0 aliphatic heterocycles. The minimum atomic E-state index is -0.300. The molecule has 0 heterocycles. The molecule has 0 aliphatic rings. The van der Waals surface area contributed by atoms with Crippen molar-refractivity contribution in [2.75, 3.05) is 0 Å². The predicted octanol–water partition coefficient (Wildman–Crippen LogP) is 1.91. The Morgan fingerprint density at radius 3 is 2.36 bits per heavy atom. The third-order valence-electron chi connectivity index (χ3n) is 2.30. The van der Waals surface area contributed by atoms with Gasteiger partial charge in [-0.25, -0.2) is 0 Å². The van der Waals surface area contributed by atoms with E-state index in [2.05, 4.69) is 0 Å². The summed E-state index contributed by atoms with van der Waals surface area (Å²) in [7, 11) is 0. The summed E-state index contributed by atoms with van der Waals surface area (Å²) in [5, 5.41) is 0. The third-order valence-corrected chi connectivity index (χ3v) is 2.30. The number of aldehydes is 1. The van der Waals surface area contributed by atoms with E-state index in [0.717, 1.165) is 18.3 Å². The fraction of sp³-hybridized carbons (Fsp3) is 0.417. The molecule has 0 aromatic heterocycles. The Morgan fingerprint density at radius 1 is 1.29 bits per heavy atom. The molecule has 2 heteroatoms. The molecule has 0 saturated carbocycles. The number of hydrogen-bond acceptors (Lipinski definition) is 2. The van der Waals surface area contributed by atoms with Crippen LogP contribution in [-0.4, -0.2) is 6.29 Å². The minimum absolute atomic E-state index is 0.300. The topological polar surface area (TPSA) is 43.1 Å². The van der Waals surface area contributed by atoms with Crippen molar-refractivity contribution in [3.63, 3.8) is 0 Å². The maximum Gasteiger partial charge on any atom is 0.125 e. The van der Waals surface area contributed by atoms with Gasteiger partial charge in [-0.2, -0.15) is 0 Å². The Kier molecular flexibility index (Phi) is 3.42. The van der Waals surface area contributed by atoms with Crippen molar-refractivity contribution in [1.29, 1.82) is 0 Å². The molecule has 0 atom stereocenters. The Balaban J connectivity index is 2.90. The van der Waals surface area contributed by atoms with Crippen LogP contribution in [0.4, 0.5) is 0 Å². The van der Waals surface area contributed by atoms with Crippen LogP contribution in [0.3, 0.4) is 0 Å². The highest BCUT2D eigenvalue weighted by Crippen LogP contribution is 2.21. The van der Waals surface area contributed by atoms with Crippen molar-refractivity contribution in [3.8, 4) is 0 Å². The van der Waals surface area contributed by atoms with E-state index >= 15 is 0 Å². The van der Waals surface area contributed by atoms with Gasteiger partial charge in [0.1, 0.15) is 6.29 Å². The van der Waals surface area contributed by atoms with E-state index in [0.29, 0.717) is 6.54 Å². The number of nitrogens with two attached hydrogens (primary N) is 1. The number of rotatable bonds is 4. The summed E-state index contributed by atoms with van der Waals surface area (Å²) in [6, 6.07) is 8.00. The van der Waals surface area contributed by atoms with E-state index in [-0.39, 0.29) is 5.41 Å².